The predicted octanol–water partition coefficient (Wildman–Crippen LogP) is 4.80. The summed E-state index contributed by atoms with van der Waals surface area (Å²) in [5.74, 6) is 0.478. The maximum atomic E-state index is 5.90. The molecule has 0 unspecified atom stereocenters. The van der Waals surface area contributed by atoms with E-state index in [1.807, 2.05) is 53.2 Å². The molecule has 3 heterocycles. The fraction of sp³-hybridized carbons (Fsp3) is 0.115. The van der Waals surface area contributed by atoms with Crippen LogP contribution in [0.15, 0.2) is 96.5 Å². The van der Waals surface area contributed by atoms with Crippen molar-refractivity contribution in [2.75, 3.05) is 6.61 Å². The number of aromatic nitrogens is 4. The number of nitrogens with zero attached hydrogens (tertiary/aromatic N) is 4. The molecule has 0 fully saturated rings. The first kappa shape index (κ1) is 20.7. The lowest BCUT2D eigenvalue weighted by atomic mass is 10.0. The Kier molecular flexibility index (Phi) is 5.95. The van der Waals surface area contributed by atoms with Gasteiger partial charge >= 0.3 is 0 Å². The monoisotopic (exact) mass is 437 g/mol. The Morgan fingerprint density at radius 2 is 1.64 bits per heavy atom. The van der Waals surface area contributed by atoms with Gasteiger partial charge in [-0.1, -0.05) is 48.5 Å². The van der Waals surface area contributed by atoms with Gasteiger partial charge in [0, 0.05) is 35.6 Å². The number of hydrogen-bond donors (Lipinski definition) is 1. The largest absolute Gasteiger partial charge is 0.475 e. The number of imidazole rings is 1. The molecule has 5 aromatic rings. The lowest BCUT2D eigenvalue weighted by molar-refractivity contribution is 0.286. The zero-order valence-corrected chi connectivity index (χ0v) is 18.0. The van der Waals surface area contributed by atoms with Gasteiger partial charge in [0.25, 0.3) is 0 Å². The Morgan fingerprint density at radius 1 is 0.879 bits per heavy atom. The Balaban J connectivity index is 1.47. The molecule has 0 amide bonds. The summed E-state index contributed by atoms with van der Waals surface area (Å²) < 4.78 is 13.1. The minimum atomic E-state index is 0.467. The molecule has 0 bridgehead atoms. The third-order valence-electron chi connectivity index (χ3n) is 5.38. The van der Waals surface area contributed by atoms with E-state index in [4.69, 9.17) is 24.9 Å². The quantitative estimate of drug-likeness (QED) is 0.375. The number of hydrogen-bond acceptors (Lipinski definition) is 6. The summed E-state index contributed by atoms with van der Waals surface area (Å²) in [5.41, 5.74) is 12.4. The van der Waals surface area contributed by atoms with Gasteiger partial charge in [-0.05, 0) is 17.2 Å². The third kappa shape index (κ3) is 4.68. The van der Waals surface area contributed by atoms with E-state index >= 15 is 0 Å². The zero-order chi connectivity index (χ0) is 22.5. The summed E-state index contributed by atoms with van der Waals surface area (Å²) in [6.07, 6.45) is 10.5. The minimum absolute atomic E-state index is 0.467. The van der Waals surface area contributed by atoms with E-state index in [0.29, 0.717) is 25.6 Å². The molecular weight excluding hydrogens is 414 g/mol. The topological polar surface area (TPSA) is 92.0 Å². The molecule has 0 saturated carbocycles. The van der Waals surface area contributed by atoms with Crippen LogP contribution in [-0.2, 0) is 13.1 Å². The van der Waals surface area contributed by atoms with Crippen molar-refractivity contribution in [1.29, 1.82) is 0 Å². The van der Waals surface area contributed by atoms with Crippen LogP contribution in [0.5, 0.6) is 5.88 Å². The van der Waals surface area contributed by atoms with Crippen LogP contribution in [0.1, 0.15) is 5.56 Å². The van der Waals surface area contributed by atoms with E-state index in [2.05, 4.69) is 17.1 Å². The first-order chi connectivity index (χ1) is 16.3. The van der Waals surface area contributed by atoms with Crippen LogP contribution in [0.25, 0.3) is 33.6 Å². The van der Waals surface area contributed by atoms with Crippen molar-refractivity contribution < 1.29 is 9.15 Å². The van der Waals surface area contributed by atoms with Crippen molar-refractivity contribution in [2.45, 2.75) is 13.1 Å². The maximum Gasteiger partial charge on any atom is 0.232 e. The number of nitrogens with two attached hydrogens (primary N) is 1. The van der Waals surface area contributed by atoms with Crippen LogP contribution < -0.4 is 10.5 Å². The summed E-state index contributed by atoms with van der Waals surface area (Å²) in [4.78, 5) is 13.6. The van der Waals surface area contributed by atoms with E-state index in [1.54, 1.807) is 31.2 Å². The third-order valence-corrected chi connectivity index (χ3v) is 5.38. The SMILES string of the molecule is NCc1ccc(-c2ncc(OCCn3ccnc3)nc2-c2ccc(-c3ccoc3)cc2)cc1. The Bertz CT molecular complexity index is 1300. The molecule has 7 nitrogen and oxygen atoms in total. The molecule has 5 rings (SSSR count). The van der Waals surface area contributed by atoms with Gasteiger partial charge in [-0.25, -0.2) is 15.0 Å². The van der Waals surface area contributed by atoms with Crippen molar-refractivity contribution in [1.82, 2.24) is 19.5 Å². The summed E-state index contributed by atoms with van der Waals surface area (Å²) >= 11 is 0. The Labute approximate surface area is 191 Å². The fourth-order valence-electron chi connectivity index (χ4n) is 3.58. The molecule has 2 N–H and O–H groups in total. The highest BCUT2D eigenvalue weighted by molar-refractivity contribution is 5.79. The van der Waals surface area contributed by atoms with Crippen LogP contribution in [0.3, 0.4) is 0 Å². The minimum Gasteiger partial charge on any atom is -0.475 e. The van der Waals surface area contributed by atoms with Gasteiger partial charge in [0.2, 0.25) is 5.88 Å². The first-order valence-electron chi connectivity index (χ1n) is 10.7. The molecule has 0 spiro atoms. The van der Waals surface area contributed by atoms with Crippen LogP contribution in [0.2, 0.25) is 0 Å². The zero-order valence-electron chi connectivity index (χ0n) is 18.0. The molecule has 33 heavy (non-hydrogen) atoms. The average molecular weight is 438 g/mol. The van der Waals surface area contributed by atoms with Gasteiger partial charge in [0.15, 0.2) is 0 Å². The Hall–Kier alpha value is -4.23. The summed E-state index contributed by atoms with van der Waals surface area (Å²) in [6.45, 7) is 1.64. The standard InChI is InChI=1S/C26H23N5O2/c27-15-19-1-3-21(4-2-19)25-26(22-7-5-20(6-8-22)23-9-13-32-17-23)30-24(16-29-25)33-14-12-31-11-10-28-18-31/h1-11,13,16-18H,12,14-15,27H2. The van der Waals surface area contributed by atoms with Crippen molar-refractivity contribution in [3.8, 4) is 39.5 Å². The number of benzene rings is 2. The van der Waals surface area contributed by atoms with Gasteiger partial charge < -0.3 is 19.5 Å². The molecule has 7 heteroatoms. The molecular formula is C26H23N5O2. The van der Waals surface area contributed by atoms with Crippen molar-refractivity contribution in [3.05, 3.63) is 97.6 Å². The highest BCUT2D eigenvalue weighted by Crippen LogP contribution is 2.32. The fourth-order valence-corrected chi connectivity index (χ4v) is 3.58. The molecule has 0 aliphatic heterocycles. The number of rotatable bonds is 8. The van der Waals surface area contributed by atoms with Crippen LogP contribution in [0, 0.1) is 0 Å². The molecule has 2 aromatic carbocycles. The predicted molar refractivity (Wildman–Crippen MR) is 126 cm³/mol. The highest BCUT2D eigenvalue weighted by Gasteiger charge is 2.14. The van der Waals surface area contributed by atoms with E-state index in [9.17, 15) is 0 Å². The molecule has 3 aromatic heterocycles. The number of ether oxygens (including phenoxy) is 1. The van der Waals surface area contributed by atoms with Gasteiger partial charge in [0.1, 0.15) is 12.3 Å². The highest BCUT2D eigenvalue weighted by atomic mass is 16.5. The lowest BCUT2D eigenvalue weighted by Gasteiger charge is -2.12. The van der Waals surface area contributed by atoms with Gasteiger partial charge in [-0.15, -0.1) is 0 Å². The molecule has 0 aliphatic rings. The summed E-state index contributed by atoms with van der Waals surface area (Å²) in [7, 11) is 0. The maximum absolute atomic E-state index is 5.90. The average Bonchev–Trinajstić information content (AvgIpc) is 3.59. The van der Waals surface area contributed by atoms with E-state index in [0.717, 1.165) is 39.2 Å². The molecule has 164 valence electrons. The first-order valence-corrected chi connectivity index (χ1v) is 10.7. The van der Waals surface area contributed by atoms with Gasteiger partial charge in [-0.2, -0.15) is 0 Å². The van der Waals surface area contributed by atoms with Crippen LogP contribution in [0.4, 0.5) is 0 Å². The van der Waals surface area contributed by atoms with Crippen molar-refractivity contribution in [3.63, 3.8) is 0 Å². The molecule has 0 saturated heterocycles. The van der Waals surface area contributed by atoms with Crippen molar-refractivity contribution >= 4 is 0 Å². The van der Waals surface area contributed by atoms with Gasteiger partial charge in [0.05, 0.1) is 37.3 Å². The Morgan fingerprint density at radius 3 is 2.33 bits per heavy atom. The van der Waals surface area contributed by atoms with Crippen molar-refractivity contribution in [2.24, 2.45) is 5.73 Å². The number of furan rings is 1. The molecule has 0 radical (unpaired) electrons. The molecule has 0 aliphatic carbocycles. The lowest BCUT2D eigenvalue weighted by Crippen LogP contribution is -2.08. The molecule has 0 atom stereocenters. The van der Waals surface area contributed by atoms with E-state index in [-0.39, 0.29) is 0 Å². The second kappa shape index (κ2) is 9.50. The smallest absolute Gasteiger partial charge is 0.232 e. The summed E-state index contributed by atoms with van der Waals surface area (Å²) in [5, 5.41) is 0. The second-order valence-electron chi connectivity index (χ2n) is 7.54. The van der Waals surface area contributed by atoms with Gasteiger partial charge in [-0.3, -0.25) is 0 Å². The van der Waals surface area contributed by atoms with Crippen LogP contribution >= 0.6 is 0 Å². The van der Waals surface area contributed by atoms with E-state index < -0.39 is 0 Å². The van der Waals surface area contributed by atoms with Crippen LogP contribution in [-0.4, -0.2) is 26.1 Å². The second-order valence-corrected chi connectivity index (χ2v) is 7.54. The van der Waals surface area contributed by atoms with E-state index in [1.165, 1.54) is 0 Å². The normalized spacial score (nSPS) is 10.9. The summed E-state index contributed by atoms with van der Waals surface area (Å²) in [6, 6.07) is 18.2.